The second kappa shape index (κ2) is 8.78. The van der Waals surface area contributed by atoms with Gasteiger partial charge in [0.15, 0.2) is 11.5 Å². The van der Waals surface area contributed by atoms with Gasteiger partial charge in [-0.2, -0.15) is 5.10 Å². The van der Waals surface area contributed by atoms with E-state index in [0.717, 1.165) is 4.68 Å². The van der Waals surface area contributed by atoms with Gasteiger partial charge in [0.05, 0.1) is 19.9 Å². The number of hydrogen-bond donors (Lipinski definition) is 1. The molecule has 1 aliphatic rings. The lowest BCUT2D eigenvalue weighted by molar-refractivity contribution is -0.117. The van der Waals surface area contributed by atoms with Gasteiger partial charge in [-0.1, -0.05) is 0 Å². The molecule has 1 aromatic heterocycles. The number of amides is 1. The highest BCUT2D eigenvalue weighted by atomic mass is 16.6. The van der Waals surface area contributed by atoms with Gasteiger partial charge in [0, 0.05) is 29.4 Å². The maximum absolute atomic E-state index is 12.5. The van der Waals surface area contributed by atoms with E-state index in [4.69, 9.17) is 18.9 Å². The second-order valence-corrected chi connectivity index (χ2v) is 6.69. The molecule has 9 heteroatoms. The molecule has 4 rings (SSSR count). The number of nitrogens with one attached hydrogen (secondary N) is 1. The zero-order valence-electron chi connectivity index (χ0n) is 17.1. The van der Waals surface area contributed by atoms with Crippen molar-refractivity contribution in [3.05, 3.63) is 58.9 Å². The van der Waals surface area contributed by atoms with E-state index in [-0.39, 0.29) is 6.54 Å². The first-order chi connectivity index (χ1) is 15.1. The van der Waals surface area contributed by atoms with Crippen molar-refractivity contribution >= 4 is 11.6 Å². The zero-order valence-corrected chi connectivity index (χ0v) is 17.1. The Morgan fingerprint density at radius 2 is 1.84 bits per heavy atom. The Kier molecular flexibility index (Phi) is 5.74. The van der Waals surface area contributed by atoms with Gasteiger partial charge in [0.25, 0.3) is 5.56 Å². The molecule has 0 fully saturated rings. The Labute approximate surface area is 178 Å². The molecule has 0 saturated carbocycles. The monoisotopic (exact) mass is 423 g/mol. The number of hydrogen-bond acceptors (Lipinski definition) is 7. The van der Waals surface area contributed by atoms with Gasteiger partial charge in [0.2, 0.25) is 5.91 Å². The number of carbonyl (C=O) groups excluding carboxylic acids is 1. The molecular formula is C22H21N3O6. The van der Waals surface area contributed by atoms with E-state index in [1.807, 2.05) is 0 Å². The SMILES string of the molecule is COc1ccc(-c2ccc(=O)n(CC(=O)Nc3ccc4c(c3)OCCO4)n2)c(OC)c1. The van der Waals surface area contributed by atoms with Crippen LogP contribution in [-0.2, 0) is 11.3 Å². The van der Waals surface area contributed by atoms with Gasteiger partial charge in [-0.25, -0.2) is 4.68 Å². The van der Waals surface area contributed by atoms with Crippen LogP contribution in [0.2, 0.25) is 0 Å². The third-order valence-electron chi connectivity index (χ3n) is 4.67. The molecule has 1 N–H and O–H groups in total. The fraction of sp³-hybridized carbons (Fsp3) is 0.227. The highest BCUT2D eigenvalue weighted by Crippen LogP contribution is 2.33. The lowest BCUT2D eigenvalue weighted by Gasteiger charge is -2.19. The van der Waals surface area contributed by atoms with Gasteiger partial charge in [0.1, 0.15) is 31.3 Å². The van der Waals surface area contributed by atoms with Crippen LogP contribution in [0.1, 0.15) is 0 Å². The maximum Gasteiger partial charge on any atom is 0.267 e. The highest BCUT2D eigenvalue weighted by Gasteiger charge is 2.15. The van der Waals surface area contributed by atoms with Crippen molar-refractivity contribution in [2.24, 2.45) is 0 Å². The molecule has 0 aliphatic carbocycles. The van der Waals surface area contributed by atoms with Crippen molar-refractivity contribution in [3.63, 3.8) is 0 Å². The van der Waals surface area contributed by atoms with Gasteiger partial charge >= 0.3 is 0 Å². The minimum absolute atomic E-state index is 0.250. The van der Waals surface area contributed by atoms with Crippen LogP contribution >= 0.6 is 0 Å². The molecule has 9 nitrogen and oxygen atoms in total. The van der Waals surface area contributed by atoms with E-state index >= 15 is 0 Å². The molecule has 0 unspecified atom stereocenters. The minimum atomic E-state index is -0.398. The van der Waals surface area contributed by atoms with Crippen LogP contribution in [0.5, 0.6) is 23.0 Å². The summed E-state index contributed by atoms with van der Waals surface area (Å²) >= 11 is 0. The Balaban J connectivity index is 1.54. The third kappa shape index (κ3) is 4.45. The Bertz CT molecular complexity index is 1170. The van der Waals surface area contributed by atoms with Crippen molar-refractivity contribution in [3.8, 4) is 34.3 Å². The van der Waals surface area contributed by atoms with Crippen molar-refractivity contribution in [2.75, 3.05) is 32.8 Å². The molecular weight excluding hydrogens is 402 g/mol. The summed E-state index contributed by atoms with van der Waals surface area (Å²) in [5.41, 5.74) is 1.30. The molecule has 2 heterocycles. The van der Waals surface area contributed by atoms with E-state index in [1.165, 1.54) is 13.2 Å². The van der Waals surface area contributed by atoms with Crippen LogP contribution in [0.15, 0.2) is 53.3 Å². The van der Waals surface area contributed by atoms with E-state index in [1.54, 1.807) is 49.6 Å². The average molecular weight is 423 g/mol. The van der Waals surface area contributed by atoms with Crippen LogP contribution in [0.3, 0.4) is 0 Å². The molecule has 0 saturated heterocycles. The summed E-state index contributed by atoms with van der Waals surface area (Å²) in [6.45, 7) is 0.688. The molecule has 1 amide bonds. The van der Waals surface area contributed by atoms with E-state index in [9.17, 15) is 9.59 Å². The predicted molar refractivity (Wildman–Crippen MR) is 113 cm³/mol. The number of anilines is 1. The number of rotatable bonds is 6. The Hall–Kier alpha value is -4.01. The molecule has 0 radical (unpaired) electrons. The zero-order chi connectivity index (χ0) is 21.8. The fourth-order valence-electron chi connectivity index (χ4n) is 3.17. The summed E-state index contributed by atoms with van der Waals surface area (Å²) in [7, 11) is 3.10. The van der Waals surface area contributed by atoms with Crippen LogP contribution in [-0.4, -0.2) is 43.1 Å². The van der Waals surface area contributed by atoms with Crippen molar-refractivity contribution < 1.29 is 23.7 Å². The summed E-state index contributed by atoms with van der Waals surface area (Å²) in [5, 5.41) is 7.09. The van der Waals surface area contributed by atoms with E-state index in [0.29, 0.717) is 53.2 Å². The molecule has 2 aromatic carbocycles. The smallest absolute Gasteiger partial charge is 0.267 e. The summed E-state index contributed by atoms with van der Waals surface area (Å²) in [5.74, 6) is 1.96. The topological polar surface area (TPSA) is 101 Å². The fourth-order valence-corrected chi connectivity index (χ4v) is 3.17. The lowest BCUT2D eigenvalue weighted by atomic mass is 10.1. The molecule has 160 valence electrons. The molecule has 1 aliphatic heterocycles. The van der Waals surface area contributed by atoms with Crippen molar-refractivity contribution in [2.45, 2.75) is 6.54 Å². The first kappa shape index (κ1) is 20.3. The number of aromatic nitrogens is 2. The first-order valence-corrected chi connectivity index (χ1v) is 9.57. The maximum atomic E-state index is 12.5. The minimum Gasteiger partial charge on any atom is -0.497 e. The van der Waals surface area contributed by atoms with Crippen LogP contribution in [0.25, 0.3) is 11.3 Å². The number of ether oxygens (including phenoxy) is 4. The standard InChI is InChI=1S/C22H21N3O6/c1-28-15-4-5-16(19(12-15)29-2)17-6-8-22(27)25(24-17)13-21(26)23-14-3-7-18-20(11-14)31-10-9-30-18/h3-8,11-12H,9-10,13H2,1-2H3,(H,23,26). The summed E-state index contributed by atoms with van der Waals surface area (Å²) < 4.78 is 22.7. The van der Waals surface area contributed by atoms with Crippen molar-refractivity contribution in [1.29, 1.82) is 0 Å². The van der Waals surface area contributed by atoms with Gasteiger partial charge in [-0.3, -0.25) is 9.59 Å². The highest BCUT2D eigenvalue weighted by molar-refractivity contribution is 5.90. The van der Waals surface area contributed by atoms with Crippen LogP contribution < -0.4 is 29.8 Å². The van der Waals surface area contributed by atoms with Gasteiger partial charge < -0.3 is 24.3 Å². The van der Waals surface area contributed by atoms with Gasteiger partial charge in [-0.05, 0) is 30.3 Å². The number of nitrogens with zero attached hydrogens (tertiary/aromatic N) is 2. The van der Waals surface area contributed by atoms with Crippen LogP contribution in [0, 0.1) is 0 Å². The Morgan fingerprint density at radius 1 is 1.03 bits per heavy atom. The van der Waals surface area contributed by atoms with Gasteiger partial charge in [-0.15, -0.1) is 0 Å². The normalized spacial score (nSPS) is 12.2. The van der Waals surface area contributed by atoms with Crippen LogP contribution in [0.4, 0.5) is 5.69 Å². The van der Waals surface area contributed by atoms with E-state index in [2.05, 4.69) is 10.4 Å². The molecule has 0 spiro atoms. The molecule has 0 atom stereocenters. The number of fused-ring (bicyclic) bond motifs is 1. The summed E-state index contributed by atoms with van der Waals surface area (Å²) in [6, 6.07) is 13.3. The predicted octanol–water partition coefficient (Wildman–Crippen LogP) is 2.34. The second-order valence-electron chi connectivity index (χ2n) is 6.69. The summed E-state index contributed by atoms with van der Waals surface area (Å²) in [4.78, 5) is 24.8. The third-order valence-corrected chi connectivity index (χ3v) is 4.67. The van der Waals surface area contributed by atoms with Crippen molar-refractivity contribution in [1.82, 2.24) is 9.78 Å². The number of methoxy groups -OCH3 is 2. The Morgan fingerprint density at radius 3 is 2.61 bits per heavy atom. The molecule has 0 bridgehead atoms. The number of benzene rings is 2. The average Bonchev–Trinajstić information content (AvgIpc) is 2.80. The summed E-state index contributed by atoms with van der Waals surface area (Å²) in [6.07, 6.45) is 0. The lowest BCUT2D eigenvalue weighted by Crippen LogP contribution is -2.29. The molecule has 3 aromatic rings. The largest absolute Gasteiger partial charge is 0.497 e. The first-order valence-electron chi connectivity index (χ1n) is 9.57. The number of carbonyl (C=O) groups is 1. The van der Waals surface area contributed by atoms with E-state index < -0.39 is 11.5 Å². The molecule has 31 heavy (non-hydrogen) atoms. The quantitative estimate of drug-likeness (QED) is 0.649.